The molecule has 13 heteroatoms. The van der Waals surface area contributed by atoms with Crippen LogP contribution in [0, 0.1) is 11.6 Å². The van der Waals surface area contributed by atoms with Gasteiger partial charge in [-0.15, -0.1) is 0 Å². The van der Waals surface area contributed by atoms with Crippen LogP contribution in [-0.2, 0) is 6.18 Å². The highest BCUT2D eigenvalue weighted by atomic mass is 79.9. The summed E-state index contributed by atoms with van der Waals surface area (Å²) in [6.07, 6.45) is -4.97. The van der Waals surface area contributed by atoms with E-state index in [1.54, 1.807) is 0 Å². The molecule has 0 atom stereocenters. The second-order valence-electron chi connectivity index (χ2n) is 6.76. The van der Waals surface area contributed by atoms with Crippen LogP contribution in [0.4, 0.5) is 27.8 Å². The monoisotopic (exact) mass is 529 g/mol. The van der Waals surface area contributed by atoms with E-state index in [4.69, 9.17) is 10.5 Å². The van der Waals surface area contributed by atoms with E-state index in [2.05, 4.69) is 15.9 Å². The summed E-state index contributed by atoms with van der Waals surface area (Å²) >= 11 is 3.08. The number of carbonyl (C=O) groups excluding carboxylic acids is 2. The van der Waals surface area contributed by atoms with Crippen molar-refractivity contribution in [2.45, 2.75) is 6.18 Å². The maximum Gasteiger partial charge on any atom is 0.416 e. The molecule has 7 nitrogen and oxygen atoms in total. The topological polar surface area (TPSA) is 103 Å². The first-order chi connectivity index (χ1) is 15.4. The van der Waals surface area contributed by atoms with E-state index in [0.717, 1.165) is 16.7 Å². The molecule has 0 saturated heterocycles. The van der Waals surface area contributed by atoms with Crippen LogP contribution in [0.3, 0.4) is 0 Å². The summed E-state index contributed by atoms with van der Waals surface area (Å²) in [5, 5.41) is 2.00. The van der Waals surface area contributed by atoms with E-state index in [1.807, 2.05) is 5.32 Å². The van der Waals surface area contributed by atoms with Gasteiger partial charge in [-0.1, -0.05) is 0 Å². The van der Waals surface area contributed by atoms with Crippen molar-refractivity contribution in [3.63, 3.8) is 0 Å². The number of rotatable bonds is 3. The summed E-state index contributed by atoms with van der Waals surface area (Å²) < 4.78 is 72.8. The number of benzene rings is 2. The molecule has 0 spiro atoms. The van der Waals surface area contributed by atoms with Gasteiger partial charge >= 0.3 is 6.18 Å². The first kappa shape index (κ1) is 22.5. The average Bonchev–Trinajstić information content (AvgIpc) is 2.99. The molecule has 0 fully saturated rings. The predicted molar refractivity (Wildman–Crippen MR) is 107 cm³/mol. The van der Waals surface area contributed by atoms with Gasteiger partial charge < -0.3 is 10.5 Å². The van der Waals surface area contributed by atoms with Crippen LogP contribution < -0.4 is 21.3 Å². The molecule has 1 aromatic heterocycles. The first-order valence-corrected chi connectivity index (χ1v) is 9.63. The van der Waals surface area contributed by atoms with Gasteiger partial charge in [-0.25, -0.2) is 8.78 Å². The lowest BCUT2D eigenvalue weighted by molar-refractivity contribution is -0.138. The number of fused-ring (bicyclic) bond motifs is 1. The number of nitrogens with one attached hydrogen (secondary N) is 1. The molecule has 170 valence electrons. The van der Waals surface area contributed by atoms with Crippen molar-refractivity contribution in [2.24, 2.45) is 0 Å². The first-order valence-electron chi connectivity index (χ1n) is 8.83. The Hall–Kier alpha value is -3.74. The zero-order chi connectivity index (χ0) is 24.2. The maximum atomic E-state index is 14.2. The Bertz CT molecular complexity index is 1400. The molecule has 0 radical (unpaired) electrons. The van der Waals surface area contributed by atoms with Gasteiger partial charge in [0.25, 0.3) is 17.4 Å². The van der Waals surface area contributed by atoms with Crippen molar-refractivity contribution < 1.29 is 36.3 Å². The van der Waals surface area contributed by atoms with Gasteiger partial charge in [-0.05, 0) is 40.2 Å². The number of anilines is 1. The molecule has 1 aliphatic rings. The molecule has 0 saturated carbocycles. The Labute approximate surface area is 188 Å². The Kier molecular flexibility index (Phi) is 5.23. The fourth-order valence-electron chi connectivity index (χ4n) is 3.19. The average molecular weight is 530 g/mol. The molecular weight excluding hydrogens is 521 g/mol. The Morgan fingerprint density at radius 3 is 2.21 bits per heavy atom. The van der Waals surface area contributed by atoms with E-state index in [9.17, 15) is 36.3 Å². The number of hydrogen-bond acceptors (Lipinski definition) is 5. The summed E-state index contributed by atoms with van der Waals surface area (Å²) in [7, 11) is 0. The zero-order valence-corrected chi connectivity index (χ0v) is 17.5. The summed E-state index contributed by atoms with van der Waals surface area (Å²) in [5.41, 5.74) is 3.15. The number of pyridine rings is 1. The van der Waals surface area contributed by atoms with Gasteiger partial charge in [-0.3, -0.25) is 24.3 Å². The molecule has 2 heterocycles. The van der Waals surface area contributed by atoms with Crippen LogP contribution in [0.5, 0.6) is 11.5 Å². The third-order valence-electron chi connectivity index (χ3n) is 4.66. The third kappa shape index (κ3) is 3.84. The zero-order valence-electron chi connectivity index (χ0n) is 15.9. The minimum absolute atomic E-state index is 0.0154. The van der Waals surface area contributed by atoms with Crippen LogP contribution in [0.1, 0.15) is 26.3 Å². The molecule has 2 amide bonds. The van der Waals surface area contributed by atoms with Crippen molar-refractivity contribution >= 4 is 33.6 Å². The second-order valence-corrected chi connectivity index (χ2v) is 7.61. The molecule has 3 aromatic rings. The van der Waals surface area contributed by atoms with Crippen LogP contribution >= 0.6 is 15.9 Å². The van der Waals surface area contributed by atoms with Crippen LogP contribution in [0.25, 0.3) is 5.69 Å². The predicted octanol–water partition coefficient (Wildman–Crippen LogP) is 4.16. The fourth-order valence-corrected chi connectivity index (χ4v) is 3.51. The molecule has 4 rings (SSSR count). The van der Waals surface area contributed by atoms with Crippen molar-refractivity contribution in [1.29, 1.82) is 0 Å². The molecule has 0 bridgehead atoms. The highest BCUT2D eigenvalue weighted by Gasteiger charge is 2.34. The van der Waals surface area contributed by atoms with Crippen molar-refractivity contribution in [3.05, 3.63) is 79.5 Å². The number of nitrogen functional groups attached to an aromatic ring is 1. The largest absolute Gasteiger partial charge is 0.450 e. The van der Waals surface area contributed by atoms with Gasteiger partial charge in [0.05, 0.1) is 26.9 Å². The number of ether oxygens (including phenoxy) is 1. The summed E-state index contributed by atoms with van der Waals surface area (Å²) in [5.74, 6) is -6.59. The SMILES string of the molecule is Nc1c2c(cc(=O)n1-c1ccc(Br)c(Oc3c(F)cc(C(F)(F)F)cc3F)c1)C(=O)NC2=O. The number of imide groups is 1. The molecule has 3 N–H and O–H groups in total. The molecule has 0 aliphatic carbocycles. The number of aromatic nitrogens is 1. The minimum Gasteiger partial charge on any atom is -0.450 e. The van der Waals surface area contributed by atoms with Crippen molar-refractivity contribution in [2.75, 3.05) is 5.73 Å². The normalized spacial score (nSPS) is 13.2. The van der Waals surface area contributed by atoms with E-state index in [0.29, 0.717) is 0 Å². The van der Waals surface area contributed by atoms with Gasteiger partial charge in [0, 0.05) is 12.1 Å². The minimum atomic E-state index is -4.97. The standard InChI is InChI=1S/C20H9BrF5N3O4/c21-10-2-1-8(29-14(30)6-9-15(17(29)27)19(32)28-18(9)31)5-13(10)33-16-11(22)3-7(4-12(16)23)20(24,25)26/h1-6H,27H2,(H,28,31,32). The number of nitrogens with two attached hydrogens (primary N) is 1. The highest BCUT2D eigenvalue weighted by Crippen LogP contribution is 2.38. The number of halogens is 6. The van der Waals surface area contributed by atoms with E-state index < -0.39 is 46.5 Å². The lowest BCUT2D eigenvalue weighted by atomic mass is 10.1. The number of nitrogens with zero attached hydrogens (tertiary/aromatic N) is 1. The molecule has 33 heavy (non-hydrogen) atoms. The molecule has 0 unspecified atom stereocenters. The third-order valence-corrected chi connectivity index (χ3v) is 5.32. The molecule has 2 aromatic carbocycles. The Balaban J connectivity index is 1.81. The van der Waals surface area contributed by atoms with Crippen molar-refractivity contribution in [3.8, 4) is 17.2 Å². The van der Waals surface area contributed by atoms with Gasteiger partial charge in [-0.2, -0.15) is 13.2 Å². The lowest BCUT2D eigenvalue weighted by Crippen LogP contribution is -2.24. The van der Waals surface area contributed by atoms with Crippen LogP contribution in [0.2, 0.25) is 0 Å². The number of alkyl halides is 3. The van der Waals surface area contributed by atoms with Crippen LogP contribution in [-0.4, -0.2) is 16.4 Å². The molecular formula is C20H9BrF5N3O4. The maximum absolute atomic E-state index is 14.2. The summed E-state index contributed by atoms with van der Waals surface area (Å²) in [4.78, 5) is 36.3. The lowest BCUT2D eigenvalue weighted by Gasteiger charge is -2.15. The quantitative estimate of drug-likeness (QED) is 0.391. The van der Waals surface area contributed by atoms with Gasteiger partial charge in [0.1, 0.15) is 11.6 Å². The Morgan fingerprint density at radius 1 is 0.970 bits per heavy atom. The second kappa shape index (κ2) is 7.69. The molecule has 1 aliphatic heterocycles. The fraction of sp³-hybridized carbons (Fsp3) is 0.0500. The van der Waals surface area contributed by atoms with Crippen LogP contribution in [0.15, 0.2) is 45.7 Å². The Morgan fingerprint density at radius 2 is 1.61 bits per heavy atom. The highest BCUT2D eigenvalue weighted by molar-refractivity contribution is 9.10. The number of amides is 2. The number of hydrogen-bond donors (Lipinski definition) is 2. The van der Waals surface area contributed by atoms with E-state index in [1.165, 1.54) is 12.1 Å². The summed E-state index contributed by atoms with van der Waals surface area (Å²) in [6.45, 7) is 0. The van der Waals surface area contributed by atoms with E-state index >= 15 is 0 Å². The summed E-state index contributed by atoms with van der Waals surface area (Å²) in [6, 6.07) is 4.82. The number of carbonyl (C=O) groups is 2. The smallest absolute Gasteiger partial charge is 0.416 e. The van der Waals surface area contributed by atoms with Gasteiger partial charge in [0.2, 0.25) is 0 Å². The van der Waals surface area contributed by atoms with Crippen molar-refractivity contribution in [1.82, 2.24) is 9.88 Å². The van der Waals surface area contributed by atoms with Gasteiger partial charge in [0.15, 0.2) is 17.4 Å². The van der Waals surface area contributed by atoms with E-state index in [-0.39, 0.29) is 45.0 Å².